The second-order valence-corrected chi connectivity index (χ2v) is 6.88. The van der Waals surface area contributed by atoms with Crippen molar-refractivity contribution in [1.29, 1.82) is 0 Å². The van der Waals surface area contributed by atoms with Crippen LogP contribution in [0.1, 0.15) is 50.5 Å². The molecule has 4 rings (SSSR count). The van der Waals surface area contributed by atoms with E-state index in [0.717, 1.165) is 29.9 Å². The summed E-state index contributed by atoms with van der Waals surface area (Å²) in [6.45, 7) is 1.30. The average molecular weight is 287 g/mol. The maximum Gasteiger partial charge on any atom is 0.231 e. The highest BCUT2D eigenvalue weighted by atomic mass is 16.7. The van der Waals surface area contributed by atoms with Crippen molar-refractivity contribution >= 4 is 0 Å². The molecule has 3 unspecified atom stereocenters. The molecule has 1 aliphatic heterocycles. The van der Waals surface area contributed by atoms with Gasteiger partial charge in [0.2, 0.25) is 6.79 Å². The first kappa shape index (κ1) is 13.4. The Morgan fingerprint density at radius 3 is 2.76 bits per heavy atom. The van der Waals surface area contributed by atoms with E-state index >= 15 is 0 Å². The Balaban J connectivity index is 1.32. The summed E-state index contributed by atoms with van der Waals surface area (Å²) in [5.41, 5.74) is 1.30. The lowest BCUT2D eigenvalue weighted by atomic mass is 9.69. The molecule has 1 aromatic carbocycles. The predicted octanol–water partition coefficient (Wildman–Crippen LogP) is 3.86. The van der Waals surface area contributed by atoms with E-state index in [1.807, 2.05) is 6.07 Å². The van der Waals surface area contributed by atoms with Crippen LogP contribution in [0.4, 0.5) is 0 Å². The van der Waals surface area contributed by atoms with Crippen molar-refractivity contribution in [3.05, 3.63) is 23.8 Å². The molecule has 1 heterocycles. The van der Waals surface area contributed by atoms with Crippen LogP contribution in [0.15, 0.2) is 18.2 Å². The number of fused-ring (bicyclic) bond motifs is 2. The lowest BCUT2D eigenvalue weighted by Crippen LogP contribution is -2.38. The summed E-state index contributed by atoms with van der Waals surface area (Å²) in [7, 11) is 0. The van der Waals surface area contributed by atoms with Crippen molar-refractivity contribution in [1.82, 2.24) is 5.32 Å². The van der Waals surface area contributed by atoms with Gasteiger partial charge < -0.3 is 14.8 Å². The van der Waals surface area contributed by atoms with Gasteiger partial charge in [0.1, 0.15) is 0 Å². The highest BCUT2D eigenvalue weighted by Crippen LogP contribution is 2.40. The van der Waals surface area contributed by atoms with Gasteiger partial charge in [-0.3, -0.25) is 0 Å². The van der Waals surface area contributed by atoms with E-state index < -0.39 is 0 Å². The Hall–Kier alpha value is -1.22. The molecule has 1 N–H and O–H groups in total. The van der Waals surface area contributed by atoms with Gasteiger partial charge in [-0.15, -0.1) is 0 Å². The minimum Gasteiger partial charge on any atom is -0.454 e. The molecule has 3 nitrogen and oxygen atoms in total. The molecular weight excluding hydrogens is 262 g/mol. The third-order valence-corrected chi connectivity index (χ3v) is 5.57. The summed E-state index contributed by atoms with van der Waals surface area (Å²) in [5, 5.41) is 3.77. The second-order valence-electron chi connectivity index (χ2n) is 6.88. The van der Waals surface area contributed by atoms with Crippen molar-refractivity contribution in [3.63, 3.8) is 0 Å². The van der Waals surface area contributed by atoms with Gasteiger partial charge in [-0.05, 0) is 48.8 Å². The zero-order chi connectivity index (χ0) is 14.1. The smallest absolute Gasteiger partial charge is 0.231 e. The second kappa shape index (κ2) is 5.88. The summed E-state index contributed by atoms with van der Waals surface area (Å²) < 4.78 is 10.8. The quantitative estimate of drug-likeness (QED) is 0.915. The summed E-state index contributed by atoms with van der Waals surface area (Å²) in [4.78, 5) is 0. The minimum atomic E-state index is 0.359. The Morgan fingerprint density at radius 1 is 0.952 bits per heavy atom. The summed E-state index contributed by atoms with van der Waals surface area (Å²) in [6.07, 6.45) is 10.0. The number of rotatable bonds is 3. The van der Waals surface area contributed by atoms with Crippen molar-refractivity contribution in [3.8, 4) is 11.5 Å². The van der Waals surface area contributed by atoms with Crippen molar-refractivity contribution in [2.75, 3.05) is 6.79 Å². The number of hydrogen-bond donors (Lipinski definition) is 1. The monoisotopic (exact) mass is 287 g/mol. The SMILES string of the molecule is c1cc2c(cc1CNC1CCC3CCCCC3C1)OCO2. The van der Waals surface area contributed by atoms with Crippen molar-refractivity contribution in [2.24, 2.45) is 11.8 Å². The van der Waals surface area contributed by atoms with E-state index in [4.69, 9.17) is 9.47 Å². The van der Waals surface area contributed by atoms with E-state index in [1.165, 1.54) is 50.5 Å². The van der Waals surface area contributed by atoms with Crippen LogP contribution in [-0.2, 0) is 6.54 Å². The predicted molar refractivity (Wildman–Crippen MR) is 82.5 cm³/mol. The van der Waals surface area contributed by atoms with Gasteiger partial charge in [-0.25, -0.2) is 0 Å². The lowest BCUT2D eigenvalue weighted by molar-refractivity contribution is 0.143. The number of benzene rings is 1. The van der Waals surface area contributed by atoms with Crippen LogP contribution in [0, 0.1) is 11.8 Å². The summed E-state index contributed by atoms with van der Waals surface area (Å²) in [5.74, 6) is 3.79. The summed E-state index contributed by atoms with van der Waals surface area (Å²) in [6, 6.07) is 6.99. The highest BCUT2D eigenvalue weighted by molar-refractivity contribution is 5.44. The maximum atomic E-state index is 5.45. The van der Waals surface area contributed by atoms with E-state index in [2.05, 4.69) is 17.4 Å². The molecule has 21 heavy (non-hydrogen) atoms. The van der Waals surface area contributed by atoms with Crippen LogP contribution in [0.3, 0.4) is 0 Å². The van der Waals surface area contributed by atoms with E-state index in [0.29, 0.717) is 12.8 Å². The molecule has 3 aliphatic rings. The van der Waals surface area contributed by atoms with E-state index in [-0.39, 0.29) is 0 Å². The average Bonchev–Trinajstić information content (AvgIpc) is 3.00. The maximum absolute atomic E-state index is 5.45. The van der Waals surface area contributed by atoms with Gasteiger partial charge in [0.05, 0.1) is 0 Å². The number of ether oxygens (including phenoxy) is 2. The normalized spacial score (nSPS) is 31.0. The highest BCUT2D eigenvalue weighted by Gasteiger charge is 2.31. The molecule has 0 saturated heterocycles. The molecule has 0 spiro atoms. The molecule has 2 saturated carbocycles. The topological polar surface area (TPSA) is 30.5 Å². The molecule has 2 aliphatic carbocycles. The van der Waals surface area contributed by atoms with Crippen LogP contribution < -0.4 is 14.8 Å². The Morgan fingerprint density at radius 2 is 1.81 bits per heavy atom. The Bertz CT molecular complexity index is 502. The van der Waals surface area contributed by atoms with Crippen LogP contribution in [0.2, 0.25) is 0 Å². The Labute approximate surface area is 127 Å². The molecule has 1 aromatic rings. The zero-order valence-corrected chi connectivity index (χ0v) is 12.6. The largest absolute Gasteiger partial charge is 0.454 e. The van der Waals surface area contributed by atoms with E-state index in [9.17, 15) is 0 Å². The van der Waals surface area contributed by atoms with Gasteiger partial charge in [0.15, 0.2) is 11.5 Å². The van der Waals surface area contributed by atoms with E-state index in [1.54, 1.807) is 0 Å². The number of hydrogen-bond acceptors (Lipinski definition) is 3. The van der Waals surface area contributed by atoms with Crippen LogP contribution in [0.25, 0.3) is 0 Å². The first-order chi connectivity index (χ1) is 10.4. The molecule has 3 atom stereocenters. The first-order valence-corrected chi connectivity index (χ1v) is 8.50. The standard InChI is InChI=1S/C18H25NO2/c1-2-4-15-10-16(7-6-14(15)3-1)19-11-13-5-8-17-18(9-13)21-12-20-17/h5,8-9,14-16,19H,1-4,6-7,10-12H2. The Kier molecular flexibility index (Phi) is 3.76. The van der Waals surface area contributed by atoms with Gasteiger partial charge in [0, 0.05) is 12.6 Å². The first-order valence-electron chi connectivity index (χ1n) is 8.50. The fraction of sp³-hybridized carbons (Fsp3) is 0.667. The molecular formula is C18H25NO2. The van der Waals surface area contributed by atoms with Gasteiger partial charge in [0.25, 0.3) is 0 Å². The lowest BCUT2D eigenvalue weighted by Gasteiger charge is -2.39. The molecule has 3 heteroatoms. The number of nitrogens with one attached hydrogen (secondary N) is 1. The van der Waals surface area contributed by atoms with Crippen LogP contribution >= 0.6 is 0 Å². The van der Waals surface area contributed by atoms with Gasteiger partial charge in [-0.2, -0.15) is 0 Å². The van der Waals surface area contributed by atoms with Crippen LogP contribution in [-0.4, -0.2) is 12.8 Å². The third-order valence-electron chi connectivity index (χ3n) is 5.57. The molecule has 0 amide bonds. The van der Waals surface area contributed by atoms with Crippen molar-refractivity contribution in [2.45, 2.75) is 57.5 Å². The van der Waals surface area contributed by atoms with Gasteiger partial charge >= 0.3 is 0 Å². The fourth-order valence-corrected chi connectivity index (χ4v) is 4.37. The molecule has 0 bridgehead atoms. The minimum absolute atomic E-state index is 0.359. The summed E-state index contributed by atoms with van der Waals surface area (Å²) >= 11 is 0. The molecule has 114 valence electrons. The third kappa shape index (κ3) is 2.89. The van der Waals surface area contributed by atoms with Crippen LogP contribution in [0.5, 0.6) is 11.5 Å². The fourth-order valence-electron chi connectivity index (χ4n) is 4.37. The molecule has 0 aromatic heterocycles. The van der Waals surface area contributed by atoms with Gasteiger partial charge in [-0.1, -0.05) is 31.7 Å². The molecule has 2 fully saturated rings. The van der Waals surface area contributed by atoms with Crippen molar-refractivity contribution < 1.29 is 9.47 Å². The zero-order valence-electron chi connectivity index (χ0n) is 12.6. The molecule has 0 radical (unpaired) electrons.